The van der Waals surface area contributed by atoms with Gasteiger partial charge in [-0.05, 0) is 68.8 Å². The third-order valence-electron chi connectivity index (χ3n) is 3.51. The lowest BCUT2D eigenvalue weighted by molar-refractivity contribution is -0.140. The second-order valence-corrected chi connectivity index (χ2v) is 5.63. The maximum atomic E-state index is 11.0. The van der Waals surface area contributed by atoms with Crippen LogP contribution >= 0.6 is 0 Å². The monoisotopic (exact) mass is 277 g/mol. The zero-order chi connectivity index (χ0) is 14.5. The number of nitrogens with one attached hydrogen (secondary N) is 1. The van der Waals surface area contributed by atoms with Crippen LogP contribution in [0.3, 0.4) is 0 Å². The van der Waals surface area contributed by atoms with E-state index in [1.54, 1.807) is 0 Å². The molecule has 0 aliphatic heterocycles. The molecule has 0 aromatic heterocycles. The maximum Gasteiger partial charge on any atom is 0.320 e. The highest BCUT2D eigenvalue weighted by Crippen LogP contribution is 2.32. The van der Waals surface area contributed by atoms with E-state index < -0.39 is 5.97 Å². The minimum atomic E-state index is -0.734. The van der Waals surface area contributed by atoms with Crippen molar-refractivity contribution in [2.75, 3.05) is 13.2 Å². The molecule has 1 aliphatic rings. The fraction of sp³-hybridized carbons (Fsp3) is 0.562. The van der Waals surface area contributed by atoms with Crippen LogP contribution in [0.2, 0.25) is 0 Å². The number of rotatable bonds is 8. The van der Waals surface area contributed by atoms with E-state index in [0.29, 0.717) is 19.1 Å². The predicted octanol–water partition coefficient (Wildman–Crippen LogP) is 2.53. The number of aryl methyl sites for hydroxylation is 2. The molecule has 0 bridgehead atoms. The van der Waals surface area contributed by atoms with E-state index in [4.69, 9.17) is 9.84 Å². The first kappa shape index (κ1) is 14.9. The molecule has 110 valence electrons. The molecular formula is C16H23NO3. The summed E-state index contributed by atoms with van der Waals surface area (Å²) in [5.74, 6) is 0.482. The molecule has 1 aliphatic carbocycles. The Kier molecular flexibility index (Phi) is 5.01. The van der Waals surface area contributed by atoms with Gasteiger partial charge in [-0.2, -0.15) is 0 Å². The first-order valence-electron chi connectivity index (χ1n) is 7.23. The van der Waals surface area contributed by atoms with Crippen molar-refractivity contribution in [2.45, 2.75) is 39.2 Å². The number of benzene rings is 1. The lowest BCUT2D eigenvalue weighted by Gasteiger charge is -2.13. The van der Waals surface area contributed by atoms with Crippen LogP contribution in [0, 0.1) is 19.8 Å². The van der Waals surface area contributed by atoms with Gasteiger partial charge in [0.05, 0.1) is 6.61 Å². The summed E-state index contributed by atoms with van der Waals surface area (Å²) in [6.45, 7) is 5.38. The van der Waals surface area contributed by atoms with Gasteiger partial charge >= 0.3 is 5.97 Å². The minimum absolute atomic E-state index is 0.327. The molecule has 0 saturated heterocycles. The van der Waals surface area contributed by atoms with Crippen molar-refractivity contribution >= 4 is 5.97 Å². The average molecular weight is 277 g/mol. The molecule has 1 aromatic rings. The Morgan fingerprint density at radius 2 is 2.00 bits per heavy atom. The third kappa shape index (κ3) is 4.53. The number of carbonyl (C=O) groups is 1. The van der Waals surface area contributed by atoms with Crippen molar-refractivity contribution in [3.05, 3.63) is 29.3 Å². The van der Waals surface area contributed by atoms with Crippen LogP contribution in [-0.4, -0.2) is 30.3 Å². The number of carboxylic acids is 1. The van der Waals surface area contributed by atoms with Gasteiger partial charge in [0.15, 0.2) is 0 Å². The molecule has 4 heteroatoms. The summed E-state index contributed by atoms with van der Waals surface area (Å²) in [7, 11) is 0. The summed E-state index contributed by atoms with van der Waals surface area (Å²) in [5.41, 5.74) is 2.38. The summed E-state index contributed by atoms with van der Waals surface area (Å²) < 4.78 is 5.70. The molecule has 0 spiro atoms. The Hall–Kier alpha value is -1.55. The first-order chi connectivity index (χ1) is 9.56. The molecule has 1 unspecified atom stereocenters. The Morgan fingerprint density at radius 1 is 1.35 bits per heavy atom. The molecule has 0 heterocycles. The molecule has 20 heavy (non-hydrogen) atoms. The van der Waals surface area contributed by atoms with E-state index in [0.717, 1.165) is 25.0 Å². The zero-order valence-corrected chi connectivity index (χ0v) is 12.2. The number of aliphatic carboxylic acids is 1. The Bertz CT molecular complexity index is 449. The van der Waals surface area contributed by atoms with Gasteiger partial charge in [0.2, 0.25) is 0 Å². The van der Waals surface area contributed by atoms with E-state index >= 15 is 0 Å². The predicted molar refractivity (Wildman–Crippen MR) is 78.2 cm³/mol. The van der Waals surface area contributed by atoms with Crippen molar-refractivity contribution < 1.29 is 14.6 Å². The highest BCUT2D eigenvalue weighted by atomic mass is 16.5. The van der Waals surface area contributed by atoms with E-state index in [1.807, 2.05) is 12.1 Å². The van der Waals surface area contributed by atoms with E-state index in [1.165, 1.54) is 11.1 Å². The van der Waals surface area contributed by atoms with Crippen LogP contribution in [0.1, 0.15) is 30.4 Å². The van der Waals surface area contributed by atoms with Gasteiger partial charge in [-0.1, -0.05) is 6.07 Å². The van der Waals surface area contributed by atoms with Crippen LogP contribution < -0.4 is 10.1 Å². The Labute approximate surface area is 120 Å². The third-order valence-corrected chi connectivity index (χ3v) is 3.51. The SMILES string of the molecule is Cc1cc(C)cc(OCCCNC(C(=O)O)C2CC2)c1. The number of carboxylic acid groups (broad SMARTS) is 1. The van der Waals surface area contributed by atoms with Gasteiger partial charge in [-0.3, -0.25) is 4.79 Å². The van der Waals surface area contributed by atoms with Crippen molar-refractivity contribution in [2.24, 2.45) is 5.92 Å². The van der Waals surface area contributed by atoms with Gasteiger partial charge in [0.1, 0.15) is 11.8 Å². The van der Waals surface area contributed by atoms with E-state index in [9.17, 15) is 4.79 Å². The topological polar surface area (TPSA) is 58.6 Å². The van der Waals surface area contributed by atoms with Crippen molar-refractivity contribution in [3.8, 4) is 5.75 Å². The average Bonchev–Trinajstić information content (AvgIpc) is 3.16. The molecule has 4 nitrogen and oxygen atoms in total. The highest BCUT2D eigenvalue weighted by molar-refractivity contribution is 5.74. The normalized spacial score (nSPS) is 15.9. The van der Waals surface area contributed by atoms with E-state index in [-0.39, 0.29) is 6.04 Å². The van der Waals surface area contributed by atoms with Crippen molar-refractivity contribution in [1.82, 2.24) is 5.32 Å². The molecule has 1 aromatic carbocycles. The highest BCUT2D eigenvalue weighted by Gasteiger charge is 2.35. The Morgan fingerprint density at radius 3 is 2.55 bits per heavy atom. The van der Waals surface area contributed by atoms with Gasteiger partial charge in [-0.15, -0.1) is 0 Å². The molecule has 0 amide bonds. The van der Waals surface area contributed by atoms with Gasteiger partial charge in [0, 0.05) is 0 Å². The molecule has 0 radical (unpaired) electrons. The smallest absolute Gasteiger partial charge is 0.320 e. The minimum Gasteiger partial charge on any atom is -0.494 e. The van der Waals surface area contributed by atoms with Gasteiger partial charge in [0.25, 0.3) is 0 Å². The van der Waals surface area contributed by atoms with Crippen LogP contribution in [0.25, 0.3) is 0 Å². The quantitative estimate of drug-likeness (QED) is 0.717. The van der Waals surface area contributed by atoms with Crippen LogP contribution in [0.5, 0.6) is 5.75 Å². The van der Waals surface area contributed by atoms with Gasteiger partial charge < -0.3 is 15.2 Å². The maximum absolute atomic E-state index is 11.0. The van der Waals surface area contributed by atoms with Crippen LogP contribution in [-0.2, 0) is 4.79 Å². The molecule has 2 rings (SSSR count). The molecule has 1 saturated carbocycles. The molecular weight excluding hydrogens is 254 g/mol. The van der Waals surface area contributed by atoms with E-state index in [2.05, 4.69) is 25.2 Å². The zero-order valence-electron chi connectivity index (χ0n) is 12.2. The second kappa shape index (κ2) is 6.75. The van der Waals surface area contributed by atoms with Crippen molar-refractivity contribution in [1.29, 1.82) is 0 Å². The second-order valence-electron chi connectivity index (χ2n) is 5.63. The summed E-state index contributed by atoms with van der Waals surface area (Å²) in [4.78, 5) is 11.0. The molecule has 1 fully saturated rings. The Balaban J connectivity index is 1.67. The number of hydrogen-bond acceptors (Lipinski definition) is 3. The summed E-state index contributed by atoms with van der Waals surface area (Å²) >= 11 is 0. The fourth-order valence-electron chi connectivity index (χ4n) is 2.42. The van der Waals surface area contributed by atoms with Crippen molar-refractivity contribution in [3.63, 3.8) is 0 Å². The van der Waals surface area contributed by atoms with Crippen LogP contribution in [0.15, 0.2) is 18.2 Å². The molecule has 2 N–H and O–H groups in total. The van der Waals surface area contributed by atoms with Gasteiger partial charge in [-0.25, -0.2) is 0 Å². The summed E-state index contributed by atoms with van der Waals surface area (Å²) in [6, 6.07) is 5.77. The summed E-state index contributed by atoms with van der Waals surface area (Å²) in [5, 5.41) is 12.2. The summed E-state index contributed by atoms with van der Waals surface area (Å²) in [6.07, 6.45) is 2.87. The lowest BCUT2D eigenvalue weighted by atomic mass is 10.1. The fourth-order valence-corrected chi connectivity index (χ4v) is 2.42. The number of ether oxygens (including phenoxy) is 1. The largest absolute Gasteiger partial charge is 0.494 e. The molecule has 1 atom stereocenters. The number of hydrogen-bond donors (Lipinski definition) is 2. The van der Waals surface area contributed by atoms with Crippen LogP contribution in [0.4, 0.5) is 0 Å². The lowest BCUT2D eigenvalue weighted by Crippen LogP contribution is -2.39. The first-order valence-corrected chi connectivity index (χ1v) is 7.23. The standard InChI is InChI=1S/C16H23NO3/c1-11-8-12(2)10-14(9-11)20-7-3-6-17-15(16(18)19)13-4-5-13/h8-10,13,15,17H,3-7H2,1-2H3,(H,18,19).